The number of furan rings is 1. The van der Waals surface area contributed by atoms with Gasteiger partial charge >= 0.3 is 0 Å². The number of hydrogen-bond donors (Lipinski definition) is 2. The van der Waals surface area contributed by atoms with E-state index in [2.05, 4.69) is 15.8 Å². The van der Waals surface area contributed by atoms with Gasteiger partial charge in [-0.3, -0.25) is 9.59 Å². The predicted molar refractivity (Wildman–Crippen MR) is 55.4 cm³/mol. The number of hydrazone groups is 1. The second-order valence-corrected chi connectivity index (χ2v) is 3.41. The summed E-state index contributed by atoms with van der Waals surface area (Å²) < 4.78 is 4.87. The summed E-state index contributed by atoms with van der Waals surface area (Å²) in [6, 6.07) is 1.77. The van der Waals surface area contributed by atoms with E-state index in [1.165, 1.54) is 0 Å². The second-order valence-electron chi connectivity index (χ2n) is 3.41. The molecule has 0 saturated heterocycles. The van der Waals surface area contributed by atoms with E-state index < -0.39 is 0 Å². The first-order valence-corrected chi connectivity index (χ1v) is 4.90. The Morgan fingerprint density at radius 3 is 3.06 bits per heavy atom. The molecule has 0 bridgehead atoms. The molecular formula is C10H11N3O3. The summed E-state index contributed by atoms with van der Waals surface area (Å²) in [5, 5.41) is 6.38. The molecule has 0 atom stereocenters. The molecule has 0 unspecified atom stereocenters. The van der Waals surface area contributed by atoms with Crippen LogP contribution in [0.1, 0.15) is 18.4 Å². The van der Waals surface area contributed by atoms with Gasteiger partial charge in [0.05, 0.1) is 12.5 Å². The van der Waals surface area contributed by atoms with Gasteiger partial charge in [-0.2, -0.15) is 5.10 Å². The Bertz CT molecular complexity index is 423. The Hall–Kier alpha value is -2.11. The van der Waals surface area contributed by atoms with Crippen molar-refractivity contribution in [2.24, 2.45) is 5.10 Å². The van der Waals surface area contributed by atoms with Crippen molar-refractivity contribution in [1.82, 2.24) is 10.7 Å². The number of hydrogen-bond acceptors (Lipinski definition) is 4. The van der Waals surface area contributed by atoms with Gasteiger partial charge in [0.25, 0.3) is 5.91 Å². The van der Waals surface area contributed by atoms with Gasteiger partial charge in [0.1, 0.15) is 5.71 Å². The SMILES string of the molecule is O=C1CCC(C(=O)NCc2ccoc2)=NN1. The fourth-order valence-corrected chi connectivity index (χ4v) is 1.32. The maximum absolute atomic E-state index is 11.6. The van der Waals surface area contributed by atoms with Crippen LogP contribution in [-0.2, 0) is 16.1 Å². The average molecular weight is 221 g/mol. The van der Waals surface area contributed by atoms with Crippen molar-refractivity contribution in [3.63, 3.8) is 0 Å². The third-order valence-electron chi connectivity index (χ3n) is 2.20. The Labute approximate surface area is 91.7 Å². The molecule has 0 saturated carbocycles. The van der Waals surface area contributed by atoms with Gasteiger partial charge in [-0.05, 0) is 6.07 Å². The summed E-state index contributed by atoms with van der Waals surface area (Å²) in [7, 11) is 0. The molecule has 2 amide bonds. The first kappa shape index (κ1) is 10.4. The van der Waals surface area contributed by atoms with Crippen molar-refractivity contribution >= 4 is 17.5 Å². The van der Waals surface area contributed by atoms with Crippen LogP contribution in [0.25, 0.3) is 0 Å². The maximum atomic E-state index is 11.6. The lowest BCUT2D eigenvalue weighted by Crippen LogP contribution is -2.36. The van der Waals surface area contributed by atoms with Gasteiger partial charge in [-0.15, -0.1) is 0 Å². The lowest BCUT2D eigenvalue weighted by molar-refractivity contribution is -0.121. The van der Waals surface area contributed by atoms with Crippen molar-refractivity contribution in [2.75, 3.05) is 0 Å². The van der Waals surface area contributed by atoms with E-state index >= 15 is 0 Å². The molecule has 16 heavy (non-hydrogen) atoms. The minimum atomic E-state index is -0.263. The number of nitrogens with zero attached hydrogens (tertiary/aromatic N) is 1. The van der Waals surface area contributed by atoms with Crippen LogP contribution in [0.2, 0.25) is 0 Å². The zero-order valence-corrected chi connectivity index (χ0v) is 8.53. The molecule has 2 heterocycles. The molecule has 0 aliphatic carbocycles. The molecular weight excluding hydrogens is 210 g/mol. The molecule has 0 spiro atoms. The summed E-state index contributed by atoms with van der Waals surface area (Å²) in [6.45, 7) is 0.391. The van der Waals surface area contributed by atoms with E-state index in [0.717, 1.165) is 5.56 Å². The molecule has 6 nitrogen and oxygen atoms in total. The van der Waals surface area contributed by atoms with Crippen LogP contribution in [-0.4, -0.2) is 17.5 Å². The van der Waals surface area contributed by atoms with Gasteiger partial charge in [-0.25, -0.2) is 5.43 Å². The molecule has 1 aromatic heterocycles. The van der Waals surface area contributed by atoms with E-state index in [1.807, 2.05) is 0 Å². The highest BCUT2D eigenvalue weighted by atomic mass is 16.3. The van der Waals surface area contributed by atoms with Gasteiger partial charge < -0.3 is 9.73 Å². The van der Waals surface area contributed by atoms with Crippen LogP contribution in [0.15, 0.2) is 28.1 Å². The van der Waals surface area contributed by atoms with E-state index in [9.17, 15) is 9.59 Å². The highest BCUT2D eigenvalue weighted by molar-refractivity contribution is 6.39. The van der Waals surface area contributed by atoms with Gasteiger partial charge in [-0.1, -0.05) is 0 Å². The van der Waals surface area contributed by atoms with Crippen molar-refractivity contribution in [3.8, 4) is 0 Å². The van der Waals surface area contributed by atoms with E-state index in [1.54, 1.807) is 18.6 Å². The predicted octanol–water partition coefficient (Wildman–Crippen LogP) is 0.162. The Kier molecular flexibility index (Phi) is 3.00. The third-order valence-corrected chi connectivity index (χ3v) is 2.20. The standard InChI is InChI=1S/C10H11N3O3/c14-9-2-1-8(12-13-9)10(15)11-5-7-3-4-16-6-7/h3-4,6H,1-2,5H2,(H,11,15)(H,13,14). The van der Waals surface area contributed by atoms with Crippen LogP contribution >= 0.6 is 0 Å². The van der Waals surface area contributed by atoms with Gasteiger partial charge in [0.15, 0.2) is 0 Å². The smallest absolute Gasteiger partial charge is 0.267 e. The normalized spacial score (nSPS) is 15.2. The maximum Gasteiger partial charge on any atom is 0.267 e. The van der Waals surface area contributed by atoms with Crippen molar-refractivity contribution in [2.45, 2.75) is 19.4 Å². The summed E-state index contributed by atoms with van der Waals surface area (Å²) in [5.41, 5.74) is 3.51. The molecule has 1 aliphatic rings. The van der Waals surface area contributed by atoms with E-state index in [-0.39, 0.29) is 11.8 Å². The van der Waals surface area contributed by atoms with Crippen LogP contribution in [0.4, 0.5) is 0 Å². The number of amides is 2. The van der Waals surface area contributed by atoms with Crippen molar-refractivity contribution < 1.29 is 14.0 Å². The molecule has 2 N–H and O–H groups in total. The monoisotopic (exact) mass is 221 g/mol. The quantitative estimate of drug-likeness (QED) is 0.762. The summed E-state index contributed by atoms with van der Waals surface area (Å²) in [4.78, 5) is 22.4. The highest BCUT2D eigenvalue weighted by Crippen LogP contribution is 2.01. The van der Waals surface area contributed by atoms with E-state index in [0.29, 0.717) is 25.1 Å². The zero-order chi connectivity index (χ0) is 11.4. The molecule has 6 heteroatoms. The van der Waals surface area contributed by atoms with Crippen LogP contribution < -0.4 is 10.7 Å². The molecule has 0 aromatic carbocycles. The van der Waals surface area contributed by atoms with E-state index in [4.69, 9.17) is 4.42 Å². The topological polar surface area (TPSA) is 83.7 Å². The number of carbonyl (C=O) groups excluding carboxylic acids is 2. The zero-order valence-electron chi connectivity index (χ0n) is 8.53. The minimum Gasteiger partial charge on any atom is -0.472 e. The molecule has 0 radical (unpaired) electrons. The second kappa shape index (κ2) is 4.61. The molecule has 0 fully saturated rings. The third kappa shape index (κ3) is 2.47. The fourth-order valence-electron chi connectivity index (χ4n) is 1.32. The fraction of sp³-hybridized carbons (Fsp3) is 0.300. The molecule has 1 aliphatic heterocycles. The van der Waals surface area contributed by atoms with Crippen molar-refractivity contribution in [1.29, 1.82) is 0 Å². The van der Waals surface area contributed by atoms with Crippen LogP contribution in [0.3, 0.4) is 0 Å². The Morgan fingerprint density at radius 2 is 2.44 bits per heavy atom. The molecule has 84 valence electrons. The number of rotatable bonds is 3. The Balaban J connectivity index is 1.86. The Morgan fingerprint density at radius 1 is 1.56 bits per heavy atom. The number of carbonyl (C=O) groups is 2. The van der Waals surface area contributed by atoms with Gasteiger partial charge in [0, 0.05) is 24.9 Å². The summed E-state index contributed by atoms with van der Waals surface area (Å²) in [6.07, 6.45) is 3.78. The number of nitrogens with one attached hydrogen (secondary N) is 2. The van der Waals surface area contributed by atoms with Crippen molar-refractivity contribution in [3.05, 3.63) is 24.2 Å². The summed E-state index contributed by atoms with van der Waals surface area (Å²) >= 11 is 0. The van der Waals surface area contributed by atoms with Crippen LogP contribution in [0, 0.1) is 0 Å². The van der Waals surface area contributed by atoms with Gasteiger partial charge in [0.2, 0.25) is 5.91 Å². The summed E-state index contributed by atoms with van der Waals surface area (Å²) in [5.74, 6) is -0.424. The van der Waals surface area contributed by atoms with Crippen LogP contribution in [0.5, 0.6) is 0 Å². The first-order valence-electron chi connectivity index (χ1n) is 4.90. The minimum absolute atomic E-state index is 0.161. The lowest BCUT2D eigenvalue weighted by atomic mass is 10.1. The molecule has 2 rings (SSSR count). The molecule has 1 aromatic rings. The highest BCUT2D eigenvalue weighted by Gasteiger charge is 2.17. The largest absolute Gasteiger partial charge is 0.472 e. The lowest BCUT2D eigenvalue weighted by Gasteiger charge is -2.11. The first-order chi connectivity index (χ1) is 7.75. The average Bonchev–Trinajstić information content (AvgIpc) is 2.80.